The molecule has 2 nitrogen and oxygen atoms in total. The Morgan fingerprint density at radius 3 is 2.68 bits per heavy atom. The van der Waals surface area contributed by atoms with E-state index in [-0.39, 0.29) is 11.4 Å². The molecule has 1 saturated carbocycles. The Morgan fingerprint density at radius 1 is 1.37 bits per heavy atom. The van der Waals surface area contributed by atoms with Crippen LogP contribution < -0.4 is 5.32 Å². The highest BCUT2D eigenvalue weighted by Gasteiger charge is 2.33. The van der Waals surface area contributed by atoms with Gasteiger partial charge >= 0.3 is 0 Å². The van der Waals surface area contributed by atoms with Crippen LogP contribution in [0, 0.1) is 6.92 Å². The Bertz CT molecular complexity index is 469. The van der Waals surface area contributed by atoms with Gasteiger partial charge in [-0.3, -0.25) is 4.79 Å². The highest BCUT2D eigenvalue weighted by atomic mass is 79.9. The van der Waals surface area contributed by atoms with Gasteiger partial charge < -0.3 is 5.32 Å². The van der Waals surface area contributed by atoms with Crippen LogP contribution in [-0.4, -0.2) is 17.3 Å². The fourth-order valence-electron chi connectivity index (χ4n) is 2.64. The van der Waals surface area contributed by atoms with Crippen molar-refractivity contribution in [2.45, 2.75) is 44.6 Å². The third kappa shape index (κ3) is 3.51. The molecule has 19 heavy (non-hydrogen) atoms. The topological polar surface area (TPSA) is 29.1 Å². The lowest BCUT2D eigenvalue weighted by Gasteiger charge is -2.36. The van der Waals surface area contributed by atoms with E-state index < -0.39 is 0 Å². The zero-order valence-electron chi connectivity index (χ0n) is 11.1. The number of rotatable bonds is 3. The summed E-state index contributed by atoms with van der Waals surface area (Å²) in [7, 11) is 0. The average Bonchev–Trinajstić information content (AvgIpc) is 2.42. The maximum Gasteiger partial charge on any atom is 0.252 e. The van der Waals surface area contributed by atoms with Gasteiger partial charge in [0.15, 0.2) is 0 Å². The molecular formula is C15H19BrClNO. The normalized spacial score (nSPS) is 18.1. The summed E-state index contributed by atoms with van der Waals surface area (Å²) in [6.07, 6.45) is 5.48. The number of benzene rings is 1. The molecule has 1 fully saturated rings. The first kappa shape index (κ1) is 14.9. The minimum Gasteiger partial charge on any atom is -0.345 e. The molecule has 1 N–H and O–H groups in total. The molecule has 0 radical (unpaired) electrons. The summed E-state index contributed by atoms with van der Waals surface area (Å²) in [6, 6.07) is 5.81. The van der Waals surface area contributed by atoms with Crippen molar-refractivity contribution < 1.29 is 4.79 Å². The van der Waals surface area contributed by atoms with Crippen LogP contribution in [0.1, 0.15) is 48.0 Å². The van der Waals surface area contributed by atoms with Crippen LogP contribution in [0.5, 0.6) is 0 Å². The molecule has 1 aliphatic rings. The van der Waals surface area contributed by atoms with Crippen LogP contribution in [0.3, 0.4) is 0 Å². The van der Waals surface area contributed by atoms with Crippen LogP contribution in [0.2, 0.25) is 0 Å². The van der Waals surface area contributed by atoms with E-state index in [0.717, 1.165) is 35.7 Å². The number of halogens is 2. The van der Waals surface area contributed by atoms with E-state index in [0.29, 0.717) is 11.4 Å². The third-order valence-corrected chi connectivity index (χ3v) is 5.01. The molecular weight excluding hydrogens is 326 g/mol. The molecule has 0 aliphatic heterocycles. The molecule has 104 valence electrons. The zero-order valence-corrected chi connectivity index (χ0v) is 13.5. The summed E-state index contributed by atoms with van der Waals surface area (Å²) < 4.78 is 0.830. The van der Waals surface area contributed by atoms with Gasteiger partial charge in [-0.15, -0.1) is 11.6 Å². The van der Waals surface area contributed by atoms with Crippen molar-refractivity contribution >= 4 is 33.4 Å². The number of hydrogen-bond acceptors (Lipinski definition) is 1. The second kappa shape index (κ2) is 6.27. The minimum absolute atomic E-state index is 0.0295. The molecule has 1 amide bonds. The van der Waals surface area contributed by atoms with E-state index in [1.165, 1.54) is 6.42 Å². The molecule has 1 aromatic carbocycles. The van der Waals surface area contributed by atoms with Crippen molar-refractivity contribution in [2.24, 2.45) is 0 Å². The molecule has 0 bridgehead atoms. The molecule has 0 unspecified atom stereocenters. The van der Waals surface area contributed by atoms with Crippen molar-refractivity contribution in [3.8, 4) is 0 Å². The van der Waals surface area contributed by atoms with E-state index in [9.17, 15) is 4.79 Å². The largest absolute Gasteiger partial charge is 0.345 e. The summed E-state index contributed by atoms with van der Waals surface area (Å²) in [5, 5.41) is 3.17. The second-order valence-corrected chi connectivity index (χ2v) is 6.53. The van der Waals surface area contributed by atoms with Gasteiger partial charge in [0, 0.05) is 10.4 Å². The maximum atomic E-state index is 12.5. The van der Waals surface area contributed by atoms with Gasteiger partial charge in [-0.1, -0.05) is 30.9 Å². The Hall–Kier alpha value is -0.540. The minimum atomic E-state index is -0.222. The van der Waals surface area contributed by atoms with Crippen LogP contribution in [0.4, 0.5) is 0 Å². The fraction of sp³-hybridized carbons (Fsp3) is 0.533. The summed E-state index contributed by atoms with van der Waals surface area (Å²) >= 11 is 9.55. The number of carbonyl (C=O) groups excluding carboxylic acids is 1. The van der Waals surface area contributed by atoms with Crippen molar-refractivity contribution in [3.05, 3.63) is 33.8 Å². The highest BCUT2D eigenvalue weighted by Crippen LogP contribution is 2.30. The molecule has 1 aliphatic carbocycles. The van der Waals surface area contributed by atoms with Gasteiger partial charge in [0.05, 0.1) is 11.1 Å². The molecule has 0 aromatic heterocycles. The van der Waals surface area contributed by atoms with E-state index in [2.05, 4.69) is 21.2 Å². The Labute approximate surface area is 128 Å². The summed E-state index contributed by atoms with van der Waals surface area (Å²) in [5.74, 6) is 0.459. The molecule has 0 atom stereocenters. The number of carbonyl (C=O) groups is 1. The van der Waals surface area contributed by atoms with Crippen molar-refractivity contribution in [1.29, 1.82) is 0 Å². The van der Waals surface area contributed by atoms with Gasteiger partial charge in [0.25, 0.3) is 5.91 Å². The van der Waals surface area contributed by atoms with Crippen molar-refractivity contribution in [3.63, 3.8) is 0 Å². The summed E-state index contributed by atoms with van der Waals surface area (Å²) in [4.78, 5) is 12.5. The maximum absolute atomic E-state index is 12.5. The van der Waals surface area contributed by atoms with Crippen LogP contribution in [0.15, 0.2) is 22.7 Å². The van der Waals surface area contributed by atoms with E-state index >= 15 is 0 Å². The number of alkyl halides is 1. The Morgan fingerprint density at radius 2 is 2.05 bits per heavy atom. The Kier molecular flexibility index (Phi) is 4.91. The van der Waals surface area contributed by atoms with E-state index in [1.54, 1.807) is 0 Å². The predicted molar refractivity (Wildman–Crippen MR) is 82.9 cm³/mol. The lowest BCUT2D eigenvalue weighted by atomic mass is 9.83. The monoisotopic (exact) mass is 343 g/mol. The van der Waals surface area contributed by atoms with Gasteiger partial charge in [0.2, 0.25) is 0 Å². The van der Waals surface area contributed by atoms with E-state index in [1.807, 2.05) is 25.1 Å². The smallest absolute Gasteiger partial charge is 0.252 e. The average molecular weight is 345 g/mol. The van der Waals surface area contributed by atoms with Gasteiger partial charge in [0.1, 0.15) is 0 Å². The summed E-state index contributed by atoms with van der Waals surface area (Å²) in [5.41, 5.74) is 1.55. The van der Waals surface area contributed by atoms with Gasteiger partial charge in [-0.05, 0) is 47.8 Å². The number of nitrogens with one attached hydrogen (secondary N) is 1. The first-order valence-corrected chi connectivity index (χ1v) is 8.04. The summed E-state index contributed by atoms with van der Waals surface area (Å²) in [6.45, 7) is 1.99. The number of amides is 1. The van der Waals surface area contributed by atoms with Gasteiger partial charge in [-0.2, -0.15) is 0 Å². The highest BCUT2D eigenvalue weighted by molar-refractivity contribution is 9.10. The Balaban J connectivity index is 2.17. The first-order valence-electron chi connectivity index (χ1n) is 6.71. The predicted octanol–water partition coefficient (Wildman–Crippen LogP) is 4.43. The SMILES string of the molecule is Cc1ccc(Br)c(C(=O)NC2(CCl)CCCCC2)c1. The standard InChI is InChI=1S/C15H19BrClNO/c1-11-5-6-13(16)12(9-11)14(19)18-15(10-17)7-3-2-4-8-15/h5-6,9H,2-4,7-8,10H2,1H3,(H,18,19). The number of aryl methyl sites for hydroxylation is 1. The van der Waals surface area contributed by atoms with Crippen molar-refractivity contribution in [1.82, 2.24) is 5.32 Å². The molecule has 4 heteroatoms. The second-order valence-electron chi connectivity index (χ2n) is 5.41. The van der Waals surface area contributed by atoms with Crippen molar-refractivity contribution in [2.75, 3.05) is 5.88 Å². The van der Waals surface area contributed by atoms with Gasteiger partial charge in [-0.25, -0.2) is 0 Å². The quantitative estimate of drug-likeness (QED) is 0.808. The molecule has 0 spiro atoms. The molecule has 0 heterocycles. The number of hydrogen-bond donors (Lipinski definition) is 1. The first-order chi connectivity index (χ1) is 9.06. The lowest BCUT2D eigenvalue weighted by Crippen LogP contribution is -2.51. The molecule has 2 rings (SSSR count). The van der Waals surface area contributed by atoms with Crippen LogP contribution >= 0.6 is 27.5 Å². The fourth-order valence-corrected chi connectivity index (χ4v) is 3.40. The molecule has 0 saturated heterocycles. The molecule has 1 aromatic rings. The van der Waals surface area contributed by atoms with Crippen LogP contribution in [0.25, 0.3) is 0 Å². The lowest BCUT2D eigenvalue weighted by molar-refractivity contribution is 0.0884. The third-order valence-electron chi connectivity index (χ3n) is 3.81. The zero-order chi connectivity index (χ0) is 13.9. The van der Waals surface area contributed by atoms with E-state index in [4.69, 9.17) is 11.6 Å². The van der Waals surface area contributed by atoms with Crippen LogP contribution in [-0.2, 0) is 0 Å².